The van der Waals surface area contributed by atoms with Crippen molar-refractivity contribution in [1.82, 2.24) is 5.32 Å². The van der Waals surface area contributed by atoms with Crippen molar-refractivity contribution < 1.29 is 14.5 Å². The van der Waals surface area contributed by atoms with E-state index in [1.807, 2.05) is 14.0 Å². The Morgan fingerprint density at radius 1 is 1.53 bits per heavy atom. The quantitative estimate of drug-likeness (QED) is 0.398. The number of ether oxygens (including phenoxy) is 1. The van der Waals surface area contributed by atoms with E-state index < -0.39 is 4.92 Å². The molecule has 1 aromatic carbocycles. The van der Waals surface area contributed by atoms with Crippen molar-refractivity contribution >= 4 is 23.6 Å². The van der Waals surface area contributed by atoms with E-state index in [4.69, 9.17) is 16.3 Å². The van der Waals surface area contributed by atoms with Gasteiger partial charge in [0.25, 0.3) is 5.69 Å². The third-order valence-corrected chi connectivity index (χ3v) is 2.93. The molecule has 0 aromatic heterocycles. The molecule has 7 heteroatoms. The Morgan fingerprint density at radius 2 is 2.11 bits per heavy atom. The number of rotatable bonds is 4. The zero-order valence-corrected chi connectivity index (χ0v) is 12.0. The van der Waals surface area contributed by atoms with Crippen LogP contribution in [0.4, 0.5) is 5.69 Å². The number of hydrogen-bond donors (Lipinski definition) is 1. The van der Waals surface area contributed by atoms with Gasteiger partial charge in [-0.15, -0.1) is 0 Å². The zero-order valence-electron chi connectivity index (χ0n) is 11.3. The van der Waals surface area contributed by atoms with E-state index in [0.717, 1.165) is 0 Å². The summed E-state index contributed by atoms with van der Waals surface area (Å²) in [5.41, 5.74) is 0.326. The van der Waals surface area contributed by atoms with Gasteiger partial charge in [-0.1, -0.05) is 17.7 Å². The summed E-state index contributed by atoms with van der Waals surface area (Å²) >= 11 is 5.71. The molecule has 0 aliphatic rings. The fourth-order valence-corrected chi connectivity index (χ4v) is 1.29. The summed E-state index contributed by atoms with van der Waals surface area (Å²) in [4.78, 5) is 20.3. The van der Waals surface area contributed by atoms with Gasteiger partial charge >= 0.3 is 0 Å². The summed E-state index contributed by atoms with van der Waals surface area (Å²) in [6.45, 7) is 3.62. The van der Waals surface area contributed by atoms with Crippen LogP contribution >= 0.6 is 11.6 Å². The van der Waals surface area contributed by atoms with Crippen LogP contribution in [0.25, 0.3) is 0 Å². The maximum Gasteiger partial charge on any atom is 0.281 e. The first kappa shape index (κ1) is 17.5. The Hall–Kier alpha value is -1.50. The van der Waals surface area contributed by atoms with Crippen molar-refractivity contribution in [3.05, 3.63) is 38.4 Å². The SMILES string of the molecule is CNC(C)OC.Cc1ccc([N+](=O)[O-])c(C=O)c1Cl. The average Bonchev–Trinajstić information content (AvgIpc) is 2.41. The van der Waals surface area contributed by atoms with Gasteiger partial charge < -0.3 is 4.74 Å². The van der Waals surface area contributed by atoms with Gasteiger partial charge in [-0.3, -0.25) is 20.2 Å². The molecule has 0 heterocycles. The van der Waals surface area contributed by atoms with E-state index in [1.165, 1.54) is 12.1 Å². The van der Waals surface area contributed by atoms with Crippen molar-refractivity contribution in [2.24, 2.45) is 0 Å². The average molecular weight is 289 g/mol. The second-order valence-corrected chi connectivity index (χ2v) is 4.05. The molecule has 0 spiro atoms. The maximum atomic E-state index is 10.5. The Balaban J connectivity index is 0.000000459. The Kier molecular flexibility index (Phi) is 7.90. The number of halogens is 1. The molecule has 1 rings (SSSR count). The summed E-state index contributed by atoms with van der Waals surface area (Å²) in [5, 5.41) is 13.5. The zero-order chi connectivity index (χ0) is 15.0. The number of nitrogens with one attached hydrogen (secondary N) is 1. The molecule has 1 N–H and O–H groups in total. The summed E-state index contributed by atoms with van der Waals surface area (Å²) < 4.78 is 4.79. The molecule has 106 valence electrons. The fraction of sp³-hybridized carbons (Fsp3) is 0.417. The molecular weight excluding hydrogens is 272 g/mol. The van der Waals surface area contributed by atoms with Crippen LogP contribution in [0.3, 0.4) is 0 Å². The van der Waals surface area contributed by atoms with E-state index in [0.29, 0.717) is 11.8 Å². The van der Waals surface area contributed by atoms with E-state index >= 15 is 0 Å². The first-order valence-electron chi connectivity index (χ1n) is 5.47. The predicted octanol–water partition coefficient (Wildman–Crippen LogP) is 2.57. The van der Waals surface area contributed by atoms with Crippen molar-refractivity contribution in [2.45, 2.75) is 20.1 Å². The van der Waals surface area contributed by atoms with Crippen LogP contribution in [-0.2, 0) is 4.74 Å². The number of carbonyl (C=O) groups is 1. The van der Waals surface area contributed by atoms with Crippen LogP contribution in [0.1, 0.15) is 22.8 Å². The van der Waals surface area contributed by atoms with E-state index in [9.17, 15) is 14.9 Å². The van der Waals surface area contributed by atoms with Crippen LogP contribution < -0.4 is 5.32 Å². The summed E-state index contributed by atoms with van der Waals surface area (Å²) in [6.07, 6.45) is 0.581. The van der Waals surface area contributed by atoms with Gasteiger partial charge in [0.05, 0.1) is 9.95 Å². The van der Waals surface area contributed by atoms with Crippen molar-refractivity contribution in [3.8, 4) is 0 Å². The summed E-state index contributed by atoms with van der Waals surface area (Å²) in [5.74, 6) is 0. The molecule has 0 bridgehead atoms. The largest absolute Gasteiger partial charge is 0.367 e. The molecule has 19 heavy (non-hydrogen) atoms. The lowest BCUT2D eigenvalue weighted by molar-refractivity contribution is -0.385. The number of benzene rings is 1. The number of methoxy groups -OCH3 is 1. The smallest absolute Gasteiger partial charge is 0.281 e. The molecule has 0 aliphatic heterocycles. The number of nitro benzene ring substituents is 1. The fourth-order valence-electron chi connectivity index (χ4n) is 1.08. The van der Waals surface area contributed by atoms with Crippen LogP contribution in [0, 0.1) is 17.0 Å². The normalized spacial score (nSPS) is 11.2. The van der Waals surface area contributed by atoms with E-state index in [1.54, 1.807) is 14.0 Å². The lowest BCUT2D eigenvalue weighted by Gasteiger charge is -2.04. The van der Waals surface area contributed by atoms with Gasteiger partial charge in [-0.05, 0) is 26.5 Å². The first-order chi connectivity index (χ1) is 8.88. The van der Waals surface area contributed by atoms with Crippen LogP contribution in [0.5, 0.6) is 0 Å². The Bertz CT molecular complexity index is 448. The lowest BCUT2D eigenvalue weighted by atomic mass is 10.1. The van der Waals surface area contributed by atoms with Gasteiger partial charge in [0.2, 0.25) is 0 Å². The molecular formula is C12H17ClN2O4. The van der Waals surface area contributed by atoms with Crippen molar-refractivity contribution in [2.75, 3.05) is 14.2 Å². The minimum Gasteiger partial charge on any atom is -0.367 e. The molecule has 0 amide bonds. The third-order valence-electron chi connectivity index (χ3n) is 2.42. The highest BCUT2D eigenvalue weighted by Gasteiger charge is 2.17. The minimum atomic E-state index is -0.630. The van der Waals surface area contributed by atoms with E-state index in [-0.39, 0.29) is 22.5 Å². The minimum absolute atomic E-state index is 0.0633. The molecule has 0 aliphatic carbocycles. The third kappa shape index (κ3) is 5.34. The monoisotopic (exact) mass is 288 g/mol. The van der Waals surface area contributed by atoms with Gasteiger partial charge in [0.15, 0.2) is 6.29 Å². The highest BCUT2D eigenvalue weighted by atomic mass is 35.5. The number of aryl methyl sites for hydroxylation is 1. The van der Waals surface area contributed by atoms with Gasteiger partial charge in [-0.25, -0.2) is 0 Å². The van der Waals surface area contributed by atoms with Crippen molar-refractivity contribution in [1.29, 1.82) is 0 Å². The summed E-state index contributed by atoms with van der Waals surface area (Å²) in [6, 6.07) is 2.78. The summed E-state index contributed by atoms with van der Waals surface area (Å²) in [7, 11) is 3.52. The highest BCUT2D eigenvalue weighted by molar-refractivity contribution is 6.34. The van der Waals surface area contributed by atoms with E-state index in [2.05, 4.69) is 5.32 Å². The number of carbonyl (C=O) groups excluding carboxylic acids is 1. The second kappa shape index (κ2) is 8.58. The molecule has 0 fully saturated rings. The molecule has 1 atom stereocenters. The molecule has 1 aromatic rings. The van der Waals surface area contributed by atoms with Crippen LogP contribution in [0.15, 0.2) is 12.1 Å². The molecule has 0 radical (unpaired) electrons. The first-order valence-corrected chi connectivity index (χ1v) is 5.85. The second-order valence-electron chi connectivity index (χ2n) is 3.67. The number of aldehydes is 1. The standard InChI is InChI=1S/C8H6ClNO3.C4H11NO/c1-5-2-3-7(10(12)13)6(4-11)8(5)9;1-4(5-2)6-3/h2-4H,1H3;4-5H,1-3H3. The predicted molar refractivity (Wildman–Crippen MR) is 73.8 cm³/mol. The number of hydrogen-bond acceptors (Lipinski definition) is 5. The molecule has 6 nitrogen and oxygen atoms in total. The van der Waals surface area contributed by atoms with Gasteiger partial charge in [-0.2, -0.15) is 0 Å². The van der Waals surface area contributed by atoms with Gasteiger partial charge in [0, 0.05) is 13.2 Å². The topological polar surface area (TPSA) is 81.5 Å². The highest BCUT2D eigenvalue weighted by Crippen LogP contribution is 2.27. The lowest BCUT2D eigenvalue weighted by Crippen LogP contribution is -2.22. The molecule has 1 unspecified atom stereocenters. The number of nitro groups is 1. The molecule has 0 saturated heterocycles. The number of nitrogens with zero attached hydrogens (tertiary/aromatic N) is 1. The Morgan fingerprint density at radius 3 is 2.42 bits per heavy atom. The maximum absolute atomic E-state index is 10.5. The molecule has 0 saturated carbocycles. The Labute approximate surface area is 116 Å². The van der Waals surface area contributed by atoms with Crippen molar-refractivity contribution in [3.63, 3.8) is 0 Å². The van der Waals surface area contributed by atoms with Crippen LogP contribution in [0.2, 0.25) is 5.02 Å². The van der Waals surface area contributed by atoms with Crippen LogP contribution in [-0.4, -0.2) is 31.6 Å². The van der Waals surface area contributed by atoms with Gasteiger partial charge in [0.1, 0.15) is 11.8 Å².